The highest BCUT2D eigenvalue weighted by Gasteiger charge is 2.29. The molecule has 1 aromatic carbocycles. The third kappa shape index (κ3) is 3.55. The van der Waals surface area contributed by atoms with Gasteiger partial charge in [-0.2, -0.15) is 5.10 Å². The SMILES string of the molecule is c1ccc(Cc2cn[nH]c2C2CCCN(C3CCOCC3)C2)cc1. The molecule has 1 unspecified atom stereocenters. The van der Waals surface area contributed by atoms with Gasteiger partial charge in [0.15, 0.2) is 0 Å². The first-order valence-corrected chi connectivity index (χ1v) is 9.28. The van der Waals surface area contributed by atoms with Gasteiger partial charge >= 0.3 is 0 Å². The van der Waals surface area contributed by atoms with Crippen LogP contribution in [0.1, 0.15) is 48.4 Å². The number of likely N-dealkylation sites (tertiary alicyclic amines) is 1. The van der Waals surface area contributed by atoms with E-state index in [-0.39, 0.29) is 0 Å². The van der Waals surface area contributed by atoms with Crippen molar-refractivity contribution in [3.63, 3.8) is 0 Å². The second kappa shape index (κ2) is 7.49. The zero-order valence-corrected chi connectivity index (χ0v) is 14.3. The molecule has 4 heteroatoms. The minimum absolute atomic E-state index is 0.586. The van der Waals surface area contributed by atoms with Crippen LogP contribution in [0, 0.1) is 0 Å². The van der Waals surface area contributed by atoms with E-state index in [4.69, 9.17) is 4.74 Å². The number of nitrogens with one attached hydrogen (secondary N) is 1. The first kappa shape index (κ1) is 15.9. The molecule has 2 aliphatic heterocycles. The maximum Gasteiger partial charge on any atom is 0.0525 e. The normalized spacial score (nSPS) is 23.4. The maximum absolute atomic E-state index is 5.53. The van der Waals surface area contributed by atoms with E-state index in [1.165, 1.54) is 49.0 Å². The van der Waals surface area contributed by atoms with Crippen molar-refractivity contribution in [2.24, 2.45) is 0 Å². The predicted octanol–water partition coefficient (Wildman–Crippen LogP) is 3.36. The Hall–Kier alpha value is -1.65. The van der Waals surface area contributed by atoms with Gasteiger partial charge in [0.25, 0.3) is 0 Å². The van der Waals surface area contributed by atoms with E-state index in [2.05, 4.69) is 45.4 Å². The van der Waals surface area contributed by atoms with E-state index >= 15 is 0 Å². The molecule has 2 fully saturated rings. The van der Waals surface area contributed by atoms with Crippen molar-refractivity contribution in [2.75, 3.05) is 26.3 Å². The first-order valence-electron chi connectivity index (χ1n) is 9.28. The lowest BCUT2D eigenvalue weighted by atomic mass is 9.89. The molecule has 4 nitrogen and oxygen atoms in total. The molecular weight excluding hydrogens is 298 g/mol. The lowest BCUT2D eigenvalue weighted by molar-refractivity contribution is 0.0237. The number of piperidine rings is 1. The number of hydrogen-bond acceptors (Lipinski definition) is 3. The second-order valence-corrected chi connectivity index (χ2v) is 7.15. The third-order valence-corrected chi connectivity index (χ3v) is 5.56. The Kier molecular flexibility index (Phi) is 4.95. The van der Waals surface area contributed by atoms with E-state index in [0.29, 0.717) is 12.0 Å². The molecule has 24 heavy (non-hydrogen) atoms. The van der Waals surface area contributed by atoms with E-state index in [0.717, 1.165) is 26.2 Å². The number of ether oxygens (including phenoxy) is 1. The molecule has 4 rings (SSSR count). The van der Waals surface area contributed by atoms with E-state index in [1.807, 2.05) is 6.20 Å². The average molecular weight is 325 g/mol. The lowest BCUT2D eigenvalue weighted by Crippen LogP contribution is -2.44. The number of hydrogen-bond donors (Lipinski definition) is 1. The number of rotatable bonds is 4. The van der Waals surface area contributed by atoms with Crippen LogP contribution in [0.3, 0.4) is 0 Å². The number of nitrogens with zero attached hydrogens (tertiary/aromatic N) is 2. The molecule has 1 N–H and O–H groups in total. The molecule has 3 heterocycles. The molecule has 0 bridgehead atoms. The van der Waals surface area contributed by atoms with Crippen molar-refractivity contribution in [3.05, 3.63) is 53.3 Å². The number of aromatic amines is 1. The topological polar surface area (TPSA) is 41.2 Å². The second-order valence-electron chi connectivity index (χ2n) is 7.15. The van der Waals surface area contributed by atoms with Crippen molar-refractivity contribution in [2.45, 2.75) is 44.1 Å². The summed E-state index contributed by atoms with van der Waals surface area (Å²) >= 11 is 0. The molecule has 128 valence electrons. The largest absolute Gasteiger partial charge is 0.381 e. The molecule has 0 radical (unpaired) electrons. The van der Waals surface area contributed by atoms with Gasteiger partial charge in [-0.3, -0.25) is 10.00 Å². The van der Waals surface area contributed by atoms with Crippen molar-refractivity contribution >= 4 is 0 Å². The van der Waals surface area contributed by atoms with Crippen LogP contribution >= 0.6 is 0 Å². The molecule has 1 atom stereocenters. The summed E-state index contributed by atoms with van der Waals surface area (Å²) in [5, 5.41) is 7.69. The maximum atomic E-state index is 5.53. The minimum Gasteiger partial charge on any atom is -0.381 e. The first-order chi connectivity index (χ1) is 11.9. The summed E-state index contributed by atoms with van der Waals surface area (Å²) in [5.74, 6) is 0.586. The summed E-state index contributed by atoms with van der Waals surface area (Å²) in [6.07, 6.45) is 7.92. The van der Waals surface area contributed by atoms with Crippen LogP contribution < -0.4 is 0 Å². The van der Waals surface area contributed by atoms with E-state index in [9.17, 15) is 0 Å². The minimum atomic E-state index is 0.586. The average Bonchev–Trinajstić information content (AvgIpc) is 3.12. The molecule has 2 aromatic rings. The highest BCUT2D eigenvalue weighted by molar-refractivity contribution is 5.29. The van der Waals surface area contributed by atoms with E-state index < -0.39 is 0 Å². The Bertz CT molecular complexity index is 633. The molecule has 0 saturated carbocycles. The van der Waals surface area contributed by atoms with Gasteiger partial charge in [0.1, 0.15) is 0 Å². The zero-order chi connectivity index (χ0) is 16.2. The molecule has 2 saturated heterocycles. The van der Waals surface area contributed by atoms with Gasteiger partial charge in [-0.15, -0.1) is 0 Å². The lowest BCUT2D eigenvalue weighted by Gasteiger charge is -2.39. The summed E-state index contributed by atoms with van der Waals surface area (Å²) < 4.78 is 5.53. The van der Waals surface area contributed by atoms with Gasteiger partial charge in [0.2, 0.25) is 0 Å². The summed E-state index contributed by atoms with van der Waals surface area (Å²) in [7, 11) is 0. The summed E-state index contributed by atoms with van der Waals surface area (Å²) in [5.41, 5.74) is 4.08. The number of aromatic nitrogens is 2. The van der Waals surface area contributed by atoms with Crippen LogP contribution in [0.5, 0.6) is 0 Å². The summed E-state index contributed by atoms with van der Waals surface area (Å²) in [6.45, 7) is 4.25. The monoisotopic (exact) mass is 325 g/mol. The predicted molar refractivity (Wildman–Crippen MR) is 95.2 cm³/mol. The Morgan fingerprint density at radius 3 is 2.79 bits per heavy atom. The van der Waals surface area contributed by atoms with Crippen LogP contribution in [-0.2, 0) is 11.2 Å². The quantitative estimate of drug-likeness (QED) is 0.937. The Morgan fingerprint density at radius 1 is 1.12 bits per heavy atom. The fraction of sp³-hybridized carbons (Fsp3) is 0.550. The van der Waals surface area contributed by atoms with Gasteiger partial charge in [-0.1, -0.05) is 30.3 Å². The third-order valence-electron chi connectivity index (χ3n) is 5.56. The van der Waals surface area contributed by atoms with Gasteiger partial charge in [0.05, 0.1) is 6.20 Å². The molecule has 0 amide bonds. The van der Waals surface area contributed by atoms with Crippen LogP contribution in [0.4, 0.5) is 0 Å². The molecular formula is C20H27N3O. The van der Waals surface area contributed by atoms with Crippen molar-refractivity contribution < 1.29 is 4.74 Å². The summed E-state index contributed by atoms with van der Waals surface area (Å²) in [4.78, 5) is 2.70. The number of H-pyrrole nitrogens is 1. The zero-order valence-electron chi connectivity index (χ0n) is 14.3. The highest BCUT2D eigenvalue weighted by Crippen LogP contribution is 2.31. The van der Waals surface area contributed by atoms with Gasteiger partial charge < -0.3 is 4.74 Å². The molecule has 0 aliphatic carbocycles. The van der Waals surface area contributed by atoms with Gasteiger partial charge in [0, 0.05) is 43.8 Å². The Labute approximate surface area is 144 Å². The smallest absolute Gasteiger partial charge is 0.0525 e. The van der Waals surface area contributed by atoms with Gasteiger partial charge in [-0.25, -0.2) is 0 Å². The van der Waals surface area contributed by atoms with Crippen LogP contribution in [-0.4, -0.2) is 47.4 Å². The highest BCUT2D eigenvalue weighted by atomic mass is 16.5. The summed E-state index contributed by atoms with van der Waals surface area (Å²) in [6, 6.07) is 11.4. The Morgan fingerprint density at radius 2 is 1.96 bits per heavy atom. The molecule has 0 spiro atoms. The fourth-order valence-electron chi connectivity index (χ4n) is 4.26. The Balaban J connectivity index is 1.46. The van der Waals surface area contributed by atoms with E-state index in [1.54, 1.807) is 0 Å². The van der Waals surface area contributed by atoms with Crippen LogP contribution in [0.15, 0.2) is 36.5 Å². The van der Waals surface area contributed by atoms with Gasteiger partial charge in [-0.05, 0) is 43.4 Å². The van der Waals surface area contributed by atoms with Crippen molar-refractivity contribution in [1.29, 1.82) is 0 Å². The number of benzene rings is 1. The van der Waals surface area contributed by atoms with Crippen molar-refractivity contribution in [3.8, 4) is 0 Å². The molecule has 1 aromatic heterocycles. The fourth-order valence-corrected chi connectivity index (χ4v) is 4.26. The van der Waals surface area contributed by atoms with Crippen LogP contribution in [0.25, 0.3) is 0 Å². The standard InChI is InChI=1S/C20H27N3O/c1-2-5-16(6-3-1)13-18-14-21-22-20(18)17-7-4-10-23(15-17)19-8-11-24-12-9-19/h1-3,5-6,14,17,19H,4,7-13,15H2,(H,21,22). The van der Waals surface area contributed by atoms with Crippen LogP contribution in [0.2, 0.25) is 0 Å². The van der Waals surface area contributed by atoms with Crippen molar-refractivity contribution in [1.82, 2.24) is 15.1 Å². The molecule has 2 aliphatic rings.